The average Bonchev–Trinajstić information content (AvgIpc) is 3.33. The number of allylic oxidation sites excluding steroid dienone is 6. The van der Waals surface area contributed by atoms with Crippen molar-refractivity contribution in [2.75, 3.05) is 41.0 Å². The minimum Gasteiger partial charge on any atom is -0.460 e. The Labute approximate surface area is 409 Å². The van der Waals surface area contributed by atoms with Gasteiger partial charge >= 0.3 is 5.97 Å². The summed E-state index contributed by atoms with van der Waals surface area (Å²) in [5, 5.41) is 33.1. The van der Waals surface area contributed by atoms with Crippen LogP contribution in [0.2, 0.25) is 0 Å². The molecular weight excluding hydrogens is 871 g/mol. The molecule has 3 fully saturated rings. The molecule has 3 heterocycles. The summed E-state index contributed by atoms with van der Waals surface area (Å²) in [5.74, 6) is -7.30. The SMILES string of the molecule is [2H]C([2H])(CO)O[C@@H]1CC[C@@H](C[C@@H](C)[C@@H]2CC(=O)[C@H](C)/C=C(\C)[C@@H](O)[C@@H](OC)C(=C)[C@H](C)C[C@H](C)/C=C/C=C/C=C(\C)[C@@H](OC)C[C@@H]3CC[C@@H](C)[C@@](O)(O3)C(=O)C(=O)N3CCCC[C@H]3C(=O)O2)C[C@H]1OC. The molecule has 0 aromatic rings. The number of hydrogen-bond acceptors (Lipinski definition) is 13. The maximum atomic E-state index is 14.5. The monoisotopic (exact) mass is 958 g/mol. The number of hydrogen-bond donors (Lipinski definition) is 3. The first kappa shape index (κ1) is 54.0. The molecule has 0 radical (unpaired) electrons. The van der Waals surface area contributed by atoms with Crippen molar-refractivity contribution in [3.63, 3.8) is 0 Å². The van der Waals surface area contributed by atoms with Crippen molar-refractivity contribution >= 4 is 23.4 Å². The van der Waals surface area contributed by atoms with Crippen LogP contribution in [0.25, 0.3) is 0 Å². The van der Waals surface area contributed by atoms with E-state index in [1.165, 1.54) is 19.1 Å². The molecule has 384 valence electrons. The molecule has 0 unspecified atom stereocenters. The summed E-state index contributed by atoms with van der Waals surface area (Å²) >= 11 is 0. The minimum absolute atomic E-state index is 0.0155. The topological polar surface area (TPSA) is 188 Å². The van der Waals surface area contributed by atoms with Gasteiger partial charge in [-0.1, -0.05) is 77.7 Å². The lowest BCUT2D eigenvalue weighted by Gasteiger charge is -2.42. The van der Waals surface area contributed by atoms with E-state index < -0.39 is 103 Å². The number of carbonyl (C=O) groups is 4. The standard InChI is InChI=1S/C54H85NO13/c1-33-17-13-12-14-18-34(2)46(63-9)31-42-22-20-39(7)54(62,68-42)51(59)52(60)55-24-16-15-19-43(55)53(61)67-47(37(5)29-41-21-23-45(66-26-25-56)48(30-41)64-10)32-44(57)36(4)28-38(6)49(58)50(65-11)40(8)35(3)27-33/h12-14,17-18,28,33,35-37,39,41-43,45-50,56,58,62H,8,15-16,19-27,29-32H2,1-7,9-11H3/b14-12+,17-13+,34-18+,38-28+/t33-,35-,36-,37-,39-,41+,42+,43+,45-,46+,47+,48-,49-,50+,54-/m1/s1/i26D2. The average molecular weight is 958 g/mol. The highest BCUT2D eigenvalue weighted by atomic mass is 16.6. The zero-order valence-corrected chi connectivity index (χ0v) is 42.5. The fraction of sp³-hybridized carbons (Fsp3) is 0.741. The van der Waals surface area contributed by atoms with Gasteiger partial charge in [-0.25, -0.2) is 4.79 Å². The Morgan fingerprint density at radius 1 is 0.912 bits per heavy atom. The van der Waals surface area contributed by atoms with Crippen LogP contribution in [0.1, 0.15) is 128 Å². The molecule has 3 aliphatic heterocycles. The summed E-state index contributed by atoms with van der Waals surface area (Å²) in [6, 6.07) is -1.16. The second kappa shape index (κ2) is 27.3. The number of aliphatic hydroxyl groups is 3. The number of cyclic esters (lactones) is 1. The fourth-order valence-corrected chi connectivity index (χ4v) is 10.5. The Balaban J connectivity index is 1.70. The molecule has 1 amide bonds. The molecule has 14 nitrogen and oxygen atoms in total. The zero-order valence-electron chi connectivity index (χ0n) is 44.5. The van der Waals surface area contributed by atoms with Crippen LogP contribution in [-0.2, 0) is 47.6 Å². The van der Waals surface area contributed by atoms with E-state index in [1.807, 2.05) is 38.2 Å². The highest BCUT2D eigenvalue weighted by Crippen LogP contribution is 2.38. The number of Topliss-reactive ketones (excluding diaryl/α,β-unsaturated/α-hetero) is 2. The second-order valence-electron chi connectivity index (χ2n) is 20.2. The van der Waals surface area contributed by atoms with Crippen LogP contribution < -0.4 is 0 Å². The predicted octanol–water partition coefficient (Wildman–Crippen LogP) is 7.18. The van der Waals surface area contributed by atoms with E-state index in [2.05, 4.69) is 26.5 Å². The zero-order chi connectivity index (χ0) is 52.1. The van der Waals surface area contributed by atoms with Gasteiger partial charge < -0.3 is 48.6 Å². The van der Waals surface area contributed by atoms with Crippen molar-refractivity contribution in [2.45, 2.75) is 180 Å². The summed E-state index contributed by atoms with van der Waals surface area (Å²) in [4.78, 5) is 58.6. The Kier molecular flexibility index (Phi) is 21.7. The Morgan fingerprint density at radius 2 is 1.65 bits per heavy atom. The van der Waals surface area contributed by atoms with Crippen LogP contribution in [0.15, 0.2) is 59.8 Å². The van der Waals surface area contributed by atoms with Crippen LogP contribution in [0.4, 0.5) is 0 Å². The van der Waals surface area contributed by atoms with E-state index in [1.54, 1.807) is 34.0 Å². The molecule has 4 rings (SSSR count). The number of amides is 1. The Bertz CT molecular complexity index is 1900. The van der Waals surface area contributed by atoms with Gasteiger partial charge in [-0.3, -0.25) is 14.4 Å². The van der Waals surface area contributed by atoms with Crippen LogP contribution in [-0.4, -0.2) is 139 Å². The first-order chi connectivity index (χ1) is 33.0. The second-order valence-corrected chi connectivity index (χ2v) is 20.2. The molecule has 68 heavy (non-hydrogen) atoms. The molecule has 1 saturated carbocycles. The van der Waals surface area contributed by atoms with Gasteiger partial charge in [0.2, 0.25) is 5.79 Å². The van der Waals surface area contributed by atoms with E-state index in [0.717, 1.165) is 17.6 Å². The number of ether oxygens (including phenoxy) is 6. The van der Waals surface area contributed by atoms with Gasteiger partial charge in [-0.05, 0) is 118 Å². The summed E-state index contributed by atoms with van der Waals surface area (Å²) in [5.41, 5.74) is 2.14. The van der Waals surface area contributed by atoms with Gasteiger partial charge in [0.25, 0.3) is 11.7 Å². The van der Waals surface area contributed by atoms with Crippen molar-refractivity contribution in [3.05, 3.63) is 59.8 Å². The van der Waals surface area contributed by atoms with Crippen molar-refractivity contribution < 1.29 is 65.7 Å². The number of esters is 1. The summed E-state index contributed by atoms with van der Waals surface area (Å²) in [6.45, 7) is 14.5. The largest absolute Gasteiger partial charge is 0.460 e. The molecule has 2 saturated heterocycles. The van der Waals surface area contributed by atoms with E-state index in [4.69, 9.17) is 31.2 Å². The third-order valence-corrected chi connectivity index (χ3v) is 15.0. The lowest BCUT2D eigenvalue weighted by Crippen LogP contribution is -2.61. The summed E-state index contributed by atoms with van der Waals surface area (Å²) in [6.07, 6.45) is 11.9. The molecule has 1 aliphatic carbocycles. The van der Waals surface area contributed by atoms with Gasteiger partial charge in [0.15, 0.2) is 0 Å². The Hall–Kier alpha value is -3.34. The smallest absolute Gasteiger partial charge is 0.329 e. The fourth-order valence-electron chi connectivity index (χ4n) is 10.5. The minimum atomic E-state index is -2.44. The van der Waals surface area contributed by atoms with Crippen LogP contribution in [0.5, 0.6) is 0 Å². The number of methoxy groups -OCH3 is 3. The van der Waals surface area contributed by atoms with E-state index in [9.17, 15) is 34.5 Å². The van der Waals surface area contributed by atoms with Gasteiger partial charge in [-0.2, -0.15) is 0 Å². The van der Waals surface area contributed by atoms with E-state index >= 15 is 0 Å². The molecule has 3 N–H and O–H groups in total. The molecule has 0 spiro atoms. The van der Waals surface area contributed by atoms with Gasteiger partial charge in [0, 0.05) is 52.6 Å². The number of aliphatic hydroxyl groups excluding tert-OH is 2. The lowest BCUT2D eigenvalue weighted by molar-refractivity contribution is -0.265. The summed E-state index contributed by atoms with van der Waals surface area (Å²) < 4.78 is 51.4. The number of ketones is 2. The molecule has 2 bridgehead atoms. The Morgan fingerprint density at radius 3 is 2.32 bits per heavy atom. The van der Waals surface area contributed by atoms with Gasteiger partial charge in [0.05, 0.1) is 40.3 Å². The quantitative estimate of drug-likeness (QED) is 0.120. The third-order valence-electron chi connectivity index (χ3n) is 15.0. The molecule has 4 aliphatic rings. The molecule has 0 aromatic heterocycles. The third kappa shape index (κ3) is 15.3. The summed E-state index contributed by atoms with van der Waals surface area (Å²) in [7, 11) is 4.64. The lowest BCUT2D eigenvalue weighted by atomic mass is 9.78. The number of piperidine rings is 1. The van der Waals surface area contributed by atoms with Crippen LogP contribution in [0, 0.1) is 35.5 Å². The van der Waals surface area contributed by atoms with Crippen molar-refractivity contribution in [1.29, 1.82) is 0 Å². The number of nitrogens with zero attached hydrogens (tertiary/aromatic N) is 1. The van der Waals surface area contributed by atoms with E-state index in [0.29, 0.717) is 63.4 Å². The van der Waals surface area contributed by atoms with Crippen molar-refractivity contribution in [2.24, 2.45) is 35.5 Å². The first-order valence-corrected chi connectivity index (χ1v) is 24.9. The highest BCUT2D eigenvalue weighted by Gasteiger charge is 2.53. The van der Waals surface area contributed by atoms with E-state index in [-0.39, 0.29) is 42.9 Å². The van der Waals surface area contributed by atoms with Gasteiger partial charge in [-0.15, -0.1) is 0 Å². The first-order valence-electron chi connectivity index (χ1n) is 25.9. The molecule has 14 heteroatoms. The highest BCUT2D eigenvalue weighted by molar-refractivity contribution is 6.39. The van der Waals surface area contributed by atoms with Crippen molar-refractivity contribution in [3.8, 4) is 0 Å². The maximum Gasteiger partial charge on any atom is 0.329 e. The maximum absolute atomic E-state index is 14.5. The normalized spacial score (nSPS) is 39.8. The predicted molar refractivity (Wildman–Crippen MR) is 260 cm³/mol. The molecule has 0 aromatic carbocycles. The van der Waals surface area contributed by atoms with Crippen molar-refractivity contribution in [1.82, 2.24) is 4.90 Å². The number of fused-ring (bicyclic) bond motifs is 3. The molecule has 15 atom stereocenters. The van der Waals surface area contributed by atoms with Crippen LogP contribution >= 0.6 is 0 Å². The molecular formula is C54H85NO13. The number of carbonyl (C=O) groups excluding carboxylic acids is 4. The van der Waals surface area contributed by atoms with Crippen LogP contribution in [0.3, 0.4) is 0 Å². The number of rotatable bonds is 9. The van der Waals surface area contributed by atoms with Gasteiger partial charge in [0.1, 0.15) is 30.1 Å².